The number of hydrogen-bond donors (Lipinski definition) is 2. The van der Waals surface area contributed by atoms with Crippen LogP contribution in [0.3, 0.4) is 0 Å². The molecule has 1 aliphatic heterocycles. The van der Waals surface area contributed by atoms with Crippen LogP contribution in [0, 0.1) is 11.3 Å². The topological polar surface area (TPSA) is 93.8 Å². The summed E-state index contributed by atoms with van der Waals surface area (Å²) in [6, 6.07) is 4.54. The van der Waals surface area contributed by atoms with Gasteiger partial charge in [-0.2, -0.15) is 5.26 Å². The van der Waals surface area contributed by atoms with Crippen LogP contribution >= 0.6 is 0 Å². The second-order valence-corrected chi connectivity index (χ2v) is 6.65. The molecule has 0 saturated carbocycles. The smallest absolute Gasteiger partial charge is 0.139 e. The molecule has 7 heteroatoms. The van der Waals surface area contributed by atoms with Crippen molar-refractivity contribution in [3.05, 3.63) is 24.3 Å². The van der Waals surface area contributed by atoms with E-state index in [0.717, 1.165) is 61.0 Å². The highest BCUT2D eigenvalue weighted by molar-refractivity contribution is 6.01. The Labute approximate surface area is 145 Å². The summed E-state index contributed by atoms with van der Waals surface area (Å²) in [6.07, 6.45) is 7.37. The van der Waals surface area contributed by atoms with E-state index in [9.17, 15) is 5.11 Å². The summed E-state index contributed by atoms with van der Waals surface area (Å²) in [5.41, 5.74) is 2.75. The molecular formula is C18H22N6O. The van der Waals surface area contributed by atoms with Crippen LogP contribution in [0.1, 0.15) is 37.5 Å². The summed E-state index contributed by atoms with van der Waals surface area (Å²) in [6.45, 7) is 2.96. The minimum absolute atomic E-state index is 0.0702. The lowest BCUT2D eigenvalue weighted by atomic mass is 10.2. The monoisotopic (exact) mass is 338 g/mol. The number of aliphatic hydroxyl groups excluding tert-OH is 1. The first-order valence-corrected chi connectivity index (χ1v) is 8.85. The Morgan fingerprint density at radius 1 is 1.40 bits per heavy atom. The van der Waals surface area contributed by atoms with Crippen LogP contribution in [-0.4, -0.2) is 49.2 Å². The highest BCUT2D eigenvalue weighted by Gasteiger charge is 2.27. The van der Waals surface area contributed by atoms with Crippen molar-refractivity contribution in [2.45, 2.75) is 38.3 Å². The van der Waals surface area contributed by atoms with E-state index in [1.165, 1.54) is 0 Å². The van der Waals surface area contributed by atoms with Crippen molar-refractivity contribution in [2.24, 2.45) is 0 Å². The van der Waals surface area contributed by atoms with Crippen LogP contribution < -0.4 is 0 Å². The number of pyridine rings is 1. The normalized spacial score (nSPS) is 18.3. The third-order valence-electron chi connectivity index (χ3n) is 5.07. The minimum atomic E-state index is -0.0702. The van der Waals surface area contributed by atoms with Crippen molar-refractivity contribution in [3.8, 4) is 6.07 Å². The van der Waals surface area contributed by atoms with Crippen molar-refractivity contribution in [1.29, 1.82) is 5.26 Å². The zero-order chi connectivity index (χ0) is 17.2. The molecule has 0 aliphatic carbocycles. The van der Waals surface area contributed by atoms with Gasteiger partial charge in [-0.15, -0.1) is 0 Å². The number of hydrogen-bond acceptors (Lipinski definition) is 5. The summed E-state index contributed by atoms with van der Waals surface area (Å²) in [5.74, 6) is 0.710. The second kappa shape index (κ2) is 6.82. The lowest BCUT2D eigenvalue weighted by Gasteiger charge is -2.18. The quantitative estimate of drug-likeness (QED) is 0.673. The number of aromatic amines is 1. The predicted molar refractivity (Wildman–Crippen MR) is 94.9 cm³/mol. The van der Waals surface area contributed by atoms with Gasteiger partial charge < -0.3 is 19.6 Å². The van der Waals surface area contributed by atoms with Crippen LogP contribution in [0.25, 0.3) is 22.1 Å². The molecule has 25 heavy (non-hydrogen) atoms. The second-order valence-electron chi connectivity index (χ2n) is 6.65. The maximum Gasteiger partial charge on any atom is 0.139 e. The van der Waals surface area contributed by atoms with Crippen LogP contribution in [0.4, 0.5) is 0 Å². The number of likely N-dealkylation sites (tertiary alicyclic amines) is 1. The first-order valence-electron chi connectivity index (χ1n) is 8.85. The molecule has 2 N–H and O–H groups in total. The highest BCUT2D eigenvalue weighted by atomic mass is 16.3. The zero-order valence-corrected chi connectivity index (χ0v) is 14.1. The maximum absolute atomic E-state index is 9.81. The predicted octanol–water partition coefficient (Wildman–Crippen LogP) is 2.35. The molecular weight excluding hydrogens is 316 g/mol. The molecule has 1 atom stereocenters. The number of rotatable bonds is 6. The summed E-state index contributed by atoms with van der Waals surface area (Å²) < 4.78 is 2.21. The molecule has 0 bridgehead atoms. The fraction of sp³-hybridized carbons (Fsp3) is 0.500. The standard InChI is InChI=1S/C18H22N6O/c19-6-2-1-3-8-23-9-5-13(11-23)24-16(12-25)22-15-10-21-18-14(17(15)24)4-7-20-18/h4,7,10,13,25H,1-3,5,8-9,11-12H2,(H,20,21). The third kappa shape index (κ3) is 2.88. The number of aromatic nitrogens is 4. The molecule has 4 rings (SSSR count). The third-order valence-corrected chi connectivity index (χ3v) is 5.07. The Balaban J connectivity index is 1.63. The average Bonchev–Trinajstić information content (AvgIpc) is 3.34. The Morgan fingerprint density at radius 3 is 3.16 bits per heavy atom. The van der Waals surface area contributed by atoms with E-state index < -0.39 is 0 Å². The fourth-order valence-electron chi connectivity index (χ4n) is 3.91. The number of aliphatic hydroxyl groups is 1. The largest absolute Gasteiger partial charge is 0.388 e. The fourth-order valence-corrected chi connectivity index (χ4v) is 3.91. The van der Waals surface area contributed by atoms with E-state index in [1.54, 1.807) is 6.20 Å². The van der Waals surface area contributed by atoms with E-state index >= 15 is 0 Å². The highest BCUT2D eigenvalue weighted by Crippen LogP contribution is 2.31. The molecule has 4 heterocycles. The minimum Gasteiger partial charge on any atom is -0.388 e. The number of nitrogens with zero attached hydrogens (tertiary/aromatic N) is 5. The van der Waals surface area contributed by atoms with Gasteiger partial charge >= 0.3 is 0 Å². The molecule has 3 aromatic heterocycles. The Bertz CT molecular complexity index is 921. The molecule has 0 amide bonds. The van der Waals surface area contributed by atoms with E-state index in [0.29, 0.717) is 18.3 Å². The van der Waals surface area contributed by atoms with Gasteiger partial charge in [-0.05, 0) is 31.9 Å². The average molecular weight is 338 g/mol. The van der Waals surface area contributed by atoms with Crippen LogP contribution in [0.15, 0.2) is 18.5 Å². The van der Waals surface area contributed by atoms with Crippen LogP contribution in [-0.2, 0) is 6.61 Å². The molecule has 0 aromatic carbocycles. The van der Waals surface area contributed by atoms with Gasteiger partial charge in [0.15, 0.2) is 0 Å². The van der Waals surface area contributed by atoms with Gasteiger partial charge in [-0.1, -0.05) is 0 Å². The van der Waals surface area contributed by atoms with Crippen LogP contribution in [0.5, 0.6) is 0 Å². The zero-order valence-electron chi connectivity index (χ0n) is 14.1. The van der Waals surface area contributed by atoms with Gasteiger partial charge in [-0.3, -0.25) is 0 Å². The number of imidazole rings is 1. The molecule has 1 unspecified atom stereocenters. The molecule has 130 valence electrons. The van der Waals surface area contributed by atoms with E-state index in [2.05, 4.69) is 30.5 Å². The van der Waals surface area contributed by atoms with Gasteiger partial charge in [0.1, 0.15) is 23.6 Å². The summed E-state index contributed by atoms with van der Waals surface area (Å²) in [7, 11) is 0. The number of nitrogens with one attached hydrogen (secondary N) is 1. The van der Waals surface area contributed by atoms with Crippen molar-refractivity contribution < 1.29 is 5.11 Å². The Morgan fingerprint density at radius 2 is 2.32 bits per heavy atom. The number of unbranched alkanes of at least 4 members (excludes halogenated alkanes) is 2. The number of nitriles is 1. The summed E-state index contributed by atoms with van der Waals surface area (Å²) >= 11 is 0. The molecule has 1 saturated heterocycles. The van der Waals surface area contributed by atoms with Crippen molar-refractivity contribution in [2.75, 3.05) is 19.6 Å². The molecule has 1 aliphatic rings. The lowest BCUT2D eigenvalue weighted by Crippen LogP contribution is -2.23. The Kier molecular flexibility index (Phi) is 4.38. The van der Waals surface area contributed by atoms with E-state index in [1.807, 2.05) is 12.3 Å². The number of fused-ring (bicyclic) bond motifs is 3. The van der Waals surface area contributed by atoms with E-state index in [-0.39, 0.29) is 6.61 Å². The summed E-state index contributed by atoms with van der Waals surface area (Å²) in [5, 5.41) is 19.5. The molecule has 0 spiro atoms. The SMILES string of the molecule is N#CCCCCN1CCC(n2c(CO)nc3cnc4[nH]ccc4c32)C1. The Hall–Kier alpha value is -2.43. The van der Waals surface area contributed by atoms with Gasteiger partial charge in [0.2, 0.25) is 0 Å². The van der Waals surface area contributed by atoms with Gasteiger partial charge in [-0.25, -0.2) is 9.97 Å². The van der Waals surface area contributed by atoms with Crippen molar-refractivity contribution in [3.63, 3.8) is 0 Å². The first-order chi connectivity index (χ1) is 12.3. The van der Waals surface area contributed by atoms with Crippen molar-refractivity contribution >= 4 is 22.1 Å². The summed E-state index contributed by atoms with van der Waals surface area (Å²) in [4.78, 5) is 14.6. The van der Waals surface area contributed by atoms with Gasteiger partial charge in [0.25, 0.3) is 0 Å². The molecule has 1 fully saturated rings. The van der Waals surface area contributed by atoms with E-state index in [4.69, 9.17) is 5.26 Å². The first kappa shape index (κ1) is 16.1. The van der Waals surface area contributed by atoms with Crippen molar-refractivity contribution in [1.82, 2.24) is 24.4 Å². The molecule has 0 radical (unpaired) electrons. The lowest BCUT2D eigenvalue weighted by molar-refractivity contribution is 0.259. The van der Waals surface area contributed by atoms with Gasteiger partial charge in [0.05, 0.1) is 17.8 Å². The number of H-pyrrole nitrogens is 1. The maximum atomic E-state index is 9.81. The molecule has 7 nitrogen and oxygen atoms in total. The van der Waals surface area contributed by atoms with Gasteiger partial charge in [0, 0.05) is 37.1 Å². The molecule has 3 aromatic rings. The van der Waals surface area contributed by atoms with Crippen LogP contribution in [0.2, 0.25) is 0 Å².